The highest BCUT2D eigenvalue weighted by Crippen LogP contribution is 2.29. The molecule has 0 spiro atoms. The van der Waals surface area contributed by atoms with Gasteiger partial charge in [0.15, 0.2) is 17.3 Å². The van der Waals surface area contributed by atoms with Gasteiger partial charge < -0.3 is 13.9 Å². The molecular formula is C27H22N4O6S2. The molecule has 0 aliphatic rings. The fraction of sp³-hybridized carbons (Fsp3) is 0.0741. The predicted octanol–water partition coefficient (Wildman–Crippen LogP) is 3.35. The molecule has 0 saturated heterocycles. The number of ether oxygens (including phenoxy) is 2. The highest BCUT2D eigenvalue weighted by Gasteiger charge is 2.12. The number of nitrogens with zero attached hydrogens (tertiary/aromatic N) is 3. The minimum Gasteiger partial charge on any atom is -0.493 e. The first-order valence-electron chi connectivity index (χ1n) is 11.5. The summed E-state index contributed by atoms with van der Waals surface area (Å²) in [7, 11) is -2.21. The summed E-state index contributed by atoms with van der Waals surface area (Å²) in [6.07, 6.45) is 6.80. The van der Waals surface area contributed by atoms with Crippen LogP contribution in [-0.2, 0) is 10.0 Å². The van der Waals surface area contributed by atoms with Crippen LogP contribution in [0.3, 0.4) is 0 Å². The van der Waals surface area contributed by atoms with Crippen molar-refractivity contribution in [3.05, 3.63) is 99.3 Å². The van der Waals surface area contributed by atoms with Gasteiger partial charge in [-0.3, -0.25) is 4.79 Å². The Morgan fingerprint density at radius 2 is 1.90 bits per heavy atom. The second-order valence-corrected chi connectivity index (χ2v) is 10.8. The number of primary sulfonamides is 1. The number of benzene rings is 2. The van der Waals surface area contributed by atoms with Gasteiger partial charge in [-0.2, -0.15) is 9.50 Å². The SMILES string of the molecule is C=CCOc1ccc(/C=C/c2nc3s/c(=C\c4ccc(-c5ccc(S(N)(=O)=O)cc5)o4)c(=O)n3n2)cc1OC. The van der Waals surface area contributed by atoms with E-state index in [4.69, 9.17) is 19.0 Å². The van der Waals surface area contributed by atoms with E-state index < -0.39 is 10.0 Å². The number of sulfonamides is 1. The van der Waals surface area contributed by atoms with Crippen molar-refractivity contribution in [1.82, 2.24) is 14.6 Å². The van der Waals surface area contributed by atoms with Crippen LogP contribution < -0.4 is 24.7 Å². The van der Waals surface area contributed by atoms with Gasteiger partial charge in [-0.15, -0.1) is 5.10 Å². The molecule has 5 aromatic rings. The standard InChI is InChI=1S/C27H22N4O6S2/c1-3-14-36-22-11-4-17(15-23(22)35-2)5-13-25-29-27-31(30-25)26(32)24(38-27)16-19-8-12-21(37-19)18-6-9-20(10-7-18)39(28,33)34/h3-13,15-16H,1,14H2,2H3,(H2,28,33,34)/b13-5+,24-16-. The zero-order valence-corrected chi connectivity index (χ0v) is 22.2. The summed E-state index contributed by atoms with van der Waals surface area (Å²) in [5.74, 6) is 2.55. The van der Waals surface area contributed by atoms with Gasteiger partial charge in [-0.05, 0) is 60.2 Å². The largest absolute Gasteiger partial charge is 0.493 e. The van der Waals surface area contributed by atoms with Gasteiger partial charge in [0.1, 0.15) is 22.7 Å². The van der Waals surface area contributed by atoms with Gasteiger partial charge in [0.25, 0.3) is 5.56 Å². The number of thiazole rings is 1. The Labute approximate surface area is 227 Å². The summed E-state index contributed by atoms with van der Waals surface area (Å²) in [6.45, 7) is 4.01. The molecule has 0 unspecified atom stereocenters. The van der Waals surface area contributed by atoms with Crippen LogP contribution in [0.15, 0.2) is 81.4 Å². The van der Waals surface area contributed by atoms with Crippen molar-refractivity contribution in [2.24, 2.45) is 5.14 Å². The summed E-state index contributed by atoms with van der Waals surface area (Å²) >= 11 is 1.19. The van der Waals surface area contributed by atoms with Crippen LogP contribution in [-0.4, -0.2) is 36.7 Å². The lowest BCUT2D eigenvalue weighted by molar-refractivity contribution is 0.326. The number of rotatable bonds is 9. The molecule has 0 atom stereocenters. The maximum absolute atomic E-state index is 12.9. The Kier molecular flexibility index (Phi) is 7.15. The minimum absolute atomic E-state index is 0.00992. The molecule has 5 rings (SSSR count). The number of hydrogen-bond acceptors (Lipinski definition) is 9. The second-order valence-electron chi connectivity index (χ2n) is 8.19. The van der Waals surface area contributed by atoms with E-state index in [0.717, 1.165) is 5.56 Å². The number of hydrogen-bond donors (Lipinski definition) is 1. The molecule has 12 heteroatoms. The van der Waals surface area contributed by atoms with Crippen molar-refractivity contribution in [1.29, 1.82) is 0 Å². The third-order valence-corrected chi connectivity index (χ3v) is 7.42. The molecule has 198 valence electrons. The zero-order valence-electron chi connectivity index (χ0n) is 20.6. The Balaban J connectivity index is 1.36. The molecular weight excluding hydrogens is 540 g/mol. The smallest absolute Gasteiger partial charge is 0.291 e. The van der Waals surface area contributed by atoms with Crippen molar-refractivity contribution in [3.8, 4) is 22.8 Å². The fourth-order valence-corrected chi connectivity index (χ4v) is 5.08. The average molecular weight is 563 g/mol. The van der Waals surface area contributed by atoms with Crippen LogP contribution in [0.1, 0.15) is 17.1 Å². The Morgan fingerprint density at radius 3 is 2.59 bits per heavy atom. The molecule has 10 nitrogen and oxygen atoms in total. The minimum atomic E-state index is -3.78. The van der Waals surface area contributed by atoms with E-state index in [-0.39, 0.29) is 10.5 Å². The van der Waals surface area contributed by atoms with Crippen LogP contribution in [0.5, 0.6) is 11.5 Å². The van der Waals surface area contributed by atoms with Gasteiger partial charge in [-0.1, -0.05) is 36.1 Å². The highest BCUT2D eigenvalue weighted by atomic mass is 32.2. The van der Waals surface area contributed by atoms with Gasteiger partial charge in [0.2, 0.25) is 15.0 Å². The summed E-state index contributed by atoms with van der Waals surface area (Å²) in [6, 6.07) is 15.0. The summed E-state index contributed by atoms with van der Waals surface area (Å²) in [5, 5.41) is 9.45. The van der Waals surface area contributed by atoms with Crippen molar-refractivity contribution in [3.63, 3.8) is 0 Å². The Bertz CT molecular complexity index is 1920. The summed E-state index contributed by atoms with van der Waals surface area (Å²) < 4.78 is 41.3. The number of aromatic nitrogens is 3. The first-order valence-corrected chi connectivity index (χ1v) is 13.9. The summed E-state index contributed by atoms with van der Waals surface area (Å²) in [5.41, 5.74) is 1.20. The number of methoxy groups -OCH3 is 1. The molecule has 3 heterocycles. The normalized spacial score (nSPS) is 12.4. The Morgan fingerprint density at radius 1 is 1.10 bits per heavy atom. The lowest BCUT2D eigenvalue weighted by Gasteiger charge is -2.09. The first-order chi connectivity index (χ1) is 18.7. The fourth-order valence-electron chi connectivity index (χ4n) is 3.67. The van der Waals surface area contributed by atoms with Gasteiger partial charge >= 0.3 is 0 Å². The van der Waals surface area contributed by atoms with Crippen LogP contribution in [0.25, 0.3) is 34.5 Å². The maximum Gasteiger partial charge on any atom is 0.291 e. The second kappa shape index (κ2) is 10.7. The van der Waals surface area contributed by atoms with Crippen LogP contribution in [0.4, 0.5) is 0 Å². The van der Waals surface area contributed by atoms with Crippen molar-refractivity contribution < 1.29 is 22.3 Å². The molecule has 3 aromatic heterocycles. The molecule has 0 saturated carbocycles. The van der Waals surface area contributed by atoms with Crippen molar-refractivity contribution in [2.75, 3.05) is 13.7 Å². The van der Waals surface area contributed by atoms with Crippen LogP contribution >= 0.6 is 11.3 Å². The van der Waals surface area contributed by atoms with E-state index in [1.54, 1.807) is 55.7 Å². The van der Waals surface area contributed by atoms with Gasteiger partial charge in [-0.25, -0.2) is 13.6 Å². The first kappa shape index (κ1) is 26.1. The Hall–Kier alpha value is -4.52. The van der Waals surface area contributed by atoms with E-state index in [0.29, 0.717) is 50.5 Å². The molecule has 39 heavy (non-hydrogen) atoms. The van der Waals surface area contributed by atoms with E-state index >= 15 is 0 Å². The van der Waals surface area contributed by atoms with E-state index in [1.807, 2.05) is 18.2 Å². The molecule has 0 bridgehead atoms. The molecule has 2 N–H and O–H groups in total. The highest BCUT2D eigenvalue weighted by molar-refractivity contribution is 7.89. The number of nitrogens with two attached hydrogens (primary N) is 1. The molecule has 0 fully saturated rings. The molecule has 0 aliphatic heterocycles. The molecule has 2 aromatic carbocycles. The van der Waals surface area contributed by atoms with Crippen molar-refractivity contribution in [2.45, 2.75) is 4.90 Å². The molecule has 0 radical (unpaired) electrons. The quantitative estimate of drug-likeness (QED) is 0.270. The lowest BCUT2D eigenvalue weighted by atomic mass is 10.2. The number of furan rings is 1. The predicted molar refractivity (Wildman–Crippen MR) is 149 cm³/mol. The van der Waals surface area contributed by atoms with E-state index in [9.17, 15) is 13.2 Å². The maximum atomic E-state index is 12.9. The van der Waals surface area contributed by atoms with Crippen molar-refractivity contribution >= 4 is 44.5 Å². The number of fused-ring (bicyclic) bond motifs is 1. The zero-order chi connectivity index (χ0) is 27.6. The van der Waals surface area contributed by atoms with Gasteiger partial charge in [0, 0.05) is 11.6 Å². The van der Waals surface area contributed by atoms with Crippen LogP contribution in [0, 0.1) is 0 Å². The third-order valence-electron chi connectivity index (χ3n) is 5.53. The molecule has 0 aliphatic carbocycles. The van der Waals surface area contributed by atoms with E-state index in [1.165, 1.54) is 28.0 Å². The van der Waals surface area contributed by atoms with Crippen LogP contribution in [0.2, 0.25) is 0 Å². The monoisotopic (exact) mass is 562 g/mol. The lowest BCUT2D eigenvalue weighted by Crippen LogP contribution is -2.23. The van der Waals surface area contributed by atoms with E-state index in [2.05, 4.69) is 16.7 Å². The molecule has 0 amide bonds. The topological polar surface area (TPSA) is 139 Å². The summed E-state index contributed by atoms with van der Waals surface area (Å²) in [4.78, 5) is 17.8. The average Bonchev–Trinajstić information content (AvgIpc) is 3.63. The van der Waals surface area contributed by atoms with Gasteiger partial charge in [0.05, 0.1) is 12.0 Å². The third kappa shape index (κ3) is 5.67.